The number of rotatable bonds is 5. The lowest BCUT2D eigenvalue weighted by atomic mass is 9.99. The molecule has 2 fully saturated rings. The van der Waals surface area contributed by atoms with E-state index in [1.54, 1.807) is 18.4 Å². The zero-order valence-corrected chi connectivity index (χ0v) is 18.1. The third kappa shape index (κ3) is 4.85. The van der Waals surface area contributed by atoms with Crippen LogP contribution < -0.4 is 5.32 Å². The maximum atomic E-state index is 12.0. The number of carbonyl (C=O) groups is 1. The highest BCUT2D eigenvalue weighted by Crippen LogP contribution is 2.27. The van der Waals surface area contributed by atoms with Crippen molar-refractivity contribution >= 4 is 23.3 Å². The van der Waals surface area contributed by atoms with Crippen LogP contribution in [0.5, 0.6) is 0 Å². The van der Waals surface area contributed by atoms with Crippen molar-refractivity contribution in [1.82, 2.24) is 15.1 Å². The largest absolute Gasteiger partial charge is 0.469 e. The number of hydrogen-bond donors (Lipinski definition) is 1. The summed E-state index contributed by atoms with van der Waals surface area (Å²) < 4.78 is 10.7. The van der Waals surface area contributed by atoms with Crippen LogP contribution in [0.2, 0.25) is 0 Å². The van der Waals surface area contributed by atoms with Crippen molar-refractivity contribution in [2.24, 2.45) is 16.8 Å². The van der Waals surface area contributed by atoms with Crippen molar-refractivity contribution in [2.45, 2.75) is 26.0 Å². The number of thiophene rings is 1. The van der Waals surface area contributed by atoms with E-state index in [9.17, 15) is 4.79 Å². The van der Waals surface area contributed by atoms with Gasteiger partial charge in [0.2, 0.25) is 0 Å². The molecule has 2 saturated heterocycles. The molecule has 1 aromatic heterocycles. The second-order valence-electron chi connectivity index (χ2n) is 7.65. The monoisotopic (exact) mass is 408 g/mol. The maximum absolute atomic E-state index is 12.0. The number of carbonyl (C=O) groups excluding carboxylic acids is 1. The van der Waals surface area contributed by atoms with Gasteiger partial charge in [-0.05, 0) is 24.3 Å². The van der Waals surface area contributed by atoms with E-state index in [0.717, 1.165) is 38.7 Å². The molecule has 0 radical (unpaired) electrons. The summed E-state index contributed by atoms with van der Waals surface area (Å²) in [5.41, 5.74) is 0. The minimum absolute atomic E-state index is 0.100. The van der Waals surface area contributed by atoms with Gasteiger partial charge in [0, 0.05) is 44.6 Å². The minimum Gasteiger partial charge on any atom is -0.469 e. The van der Waals surface area contributed by atoms with Gasteiger partial charge in [-0.1, -0.05) is 13.0 Å². The van der Waals surface area contributed by atoms with Crippen molar-refractivity contribution in [3.05, 3.63) is 22.4 Å². The summed E-state index contributed by atoms with van der Waals surface area (Å²) in [7, 11) is 3.26. The molecule has 156 valence electrons. The van der Waals surface area contributed by atoms with Gasteiger partial charge in [-0.2, -0.15) is 0 Å². The number of aliphatic imine (C=N–C) groups is 1. The predicted molar refractivity (Wildman–Crippen MR) is 112 cm³/mol. The molecule has 0 amide bonds. The van der Waals surface area contributed by atoms with Crippen molar-refractivity contribution in [1.29, 1.82) is 0 Å². The molecule has 0 aliphatic carbocycles. The molecule has 7 nitrogen and oxygen atoms in total. The molecule has 1 N–H and O–H groups in total. The van der Waals surface area contributed by atoms with E-state index in [1.165, 1.54) is 12.0 Å². The first-order valence-corrected chi connectivity index (χ1v) is 10.8. The van der Waals surface area contributed by atoms with Gasteiger partial charge >= 0.3 is 5.97 Å². The highest BCUT2D eigenvalue weighted by molar-refractivity contribution is 7.10. The average molecular weight is 409 g/mol. The second kappa shape index (κ2) is 9.71. The van der Waals surface area contributed by atoms with E-state index < -0.39 is 0 Å². The van der Waals surface area contributed by atoms with Crippen LogP contribution in [0.15, 0.2) is 22.5 Å². The fourth-order valence-corrected chi connectivity index (χ4v) is 5.00. The molecule has 1 aromatic rings. The molecule has 2 aliphatic rings. The molecule has 0 spiro atoms. The van der Waals surface area contributed by atoms with Gasteiger partial charge in [0.1, 0.15) is 0 Å². The summed E-state index contributed by atoms with van der Waals surface area (Å²) in [5.74, 6) is 0.862. The number of esters is 1. The standard InChI is InChI=1S/C20H32N4O3S/c1-14-11-24(13-16(14)19(25)26-4)20(21-3)22-10-17(18-6-5-9-28-18)23-7-8-27-15(2)12-23/h5-6,9,14-17H,7-8,10-13H2,1-4H3,(H,21,22). The van der Waals surface area contributed by atoms with E-state index in [4.69, 9.17) is 9.47 Å². The number of nitrogens with zero attached hydrogens (tertiary/aromatic N) is 3. The van der Waals surface area contributed by atoms with E-state index in [0.29, 0.717) is 6.54 Å². The van der Waals surface area contributed by atoms with Crippen molar-refractivity contribution < 1.29 is 14.3 Å². The molecule has 0 bridgehead atoms. The van der Waals surface area contributed by atoms with Crippen LogP contribution in [0.25, 0.3) is 0 Å². The summed E-state index contributed by atoms with van der Waals surface area (Å²) in [6.07, 6.45) is 0.246. The maximum Gasteiger partial charge on any atom is 0.310 e. The lowest BCUT2D eigenvalue weighted by Crippen LogP contribution is -2.48. The van der Waals surface area contributed by atoms with Crippen molar-refractivity contribution in [3.63, 3.8) is 0 Å². The lowest BCUT2D eigenvalue weighted by Gasteiger charge is -2.37. The number of likely N-dealkylation sites (tertiary alicyclic amines) is 1. The summed E-state index contributed by atoms with van der Waals surface area (Å²) in [6, 6.07) is 4.58. The van der Waals surface area contributed by atoms with Gasteiger partial charge in [-0.25, -0.2) is 0 Å². The van der Waals surface area contributed by atoms with Crippen LogP contribution in [-0.4, -0.2) is 81.3 Å². The summed E-state index contributed by atoms with van der Waals surface area (Å²) in [6.45, 7) is 9.06. The normalized spacial score (nSPS) is 27.6. The van der Waals surface area contributed by atoms with Gasteiger partial charge in [0.05, 0.1) is 31.8 Å². The average Bonchev–Trinajstić information content (AvgIpc) is 3.35. The van der Waals surface area contributed by atoms with Gasteiger partial charge in [-0.15, -0.1) is 11.3 Å². The molecule has 8 heteroatoms. The fraction of sp³-hybridized carbons (Fsp3) is 0.700. The van der Waals surface area contributed by atoms with Crippen LogP contribution in [0.1, 0.15) is 24.8 Å². The first-order valence-electron chi connectivity index (χ1n) is 9.96. The third-order valence-corrected chi connectivity index (χ3v) is 6.64. The fourth-order valence-electron chi connectivity index (χ4n) is 4.14. The number of methoxy groups -OCH3 is 1. The Hall–Kier alpha value is -1.64. The molecule has 0 aromatic carbocycles. The van der Waals surface area contributed by atoms with E-state index in [-0.39, 0.29) is 30.0 Å². The smallest absolute Gasteiger partial charge is 0.310 e. The quantitative estimate of drug-likeness (QED) is 0.456. The van der Waals surface area contributed by atoms with Gasteiger partial charge in [-0.3, -0.25) is 14.7 Å². The van der Waals surface area contributed by atoms with E-state index in [1.807, 2.05) is 0 Å². The number of guanidine groups is 1. The second-order valence-corrected chi connectivity index (χ2v) is 8.63. The summed E-state index contributed by atoms with van der Waals surface area (Å²) in [4.78, 5) is 22.5. The summed E-state index contributed by atoms with van der Waals surface area (Å²) >= 11 is 1.79. The molecular weight excluding hydrogens is 376 g/mol. The lowest BCUT2D eigenvalue weighted by molar-refractivity contribution is -0.145. The number of ether oxygens (including phenoxy) is 2. The molecule has 3 heterocycles. The van der Waals surface area contributed by atoms with Crippen LogP contribution >= 0.6 is 11.3 Å². The molecule has 0 saturated carbocycles. The topological polar surface area (TPSA) is 66.4 Å². The first-order chi connectivity index (χ1) is 13.5. The number of morpholine rings is 1. The SMILES string of the molecule is CN=C(NCC(c1cccs1)N1CCOC(C)C1)N1CC(C)C(C(=O)OC)C1. The van der Waals surface area contributed by atoms with Crippen LogP contribution in [0.4, 0.5) is 0 Å². The Balaban J connectivity index is 1.65. The first kappa shape index (κ1) is 21.1. The summed E-state index contributed by atoms with van der Waals surface area (Å²) in [5, 5.41) is 5.69. The molecule has 28 heavy (non-hydrogen) atoms. The van der Waals surface area contributed by atoms with Gasteiger partial charge in [0.25, 0.3) is 0 Å². The van der Waals surface area contributed by atoms with Crippen LogP contribution in [-0.2, 0) is 14.3 Å². The highest BCUT2D eigenvalue weighted by Gasteiger charge is 2.37. The Labute approximate surface area is 171 Å². The molecule has 4 unspecified atom stereocenters. The van der Waals surface area contributed by atoms with Gasteiger partial charge in [0.15, 0.2) is 5.96 Å². The molecule has 2 aliphatic heterocycles. The predicted octanol–water partition coefficient (Wildman–Crippen LogP) is 1.83. The highest BCUT2D eigenvalue weighted by atomic mass is 32.1. The van der Waals surface area contributed by atoms with Crippen LogP contribution in [0, 0.1) is 11.8 Å². The van der Waals surface area contributed by atoms with Gasteiger partial charge < -0.3 is 19.7 Å². The van der Waals surface area contributed by atoms with Crippen LogP contribution in [0.3, 0.4) is 0 Å². The Bertz CT molecular complexity index is 666. The zero-order valence-electron chi connectivity index (χ0n) is 17.3. The minimum atomic E-state index is -0.135. The van der Waals surface area contributed by atoms with Crippen molar-refractivity contribution in [3.8, 4) is 0 Å². The molecule has 4 atom stereocenters. The molecular formula is C20H32N4O3S. The Morgan fingerprint density at radius 1 is 1.43 bits per heavy atom. The van der Waals surface area contributed by atoms with E-state index in [2.05, 4.69) is 51.5 Å². The molecule has 3 rings (SSSR count). The Morgan fingerprint density at radius 2 is 2.25 bits per heavy atom. The third-order valence-electron chi connectivity index (χ3n) is 5.67. The van der Waals surface area contributed by atoms with Crippen molar-refractivity contribution in [2.75, 3.05) is 53.5 Å². The van der Waals surface area contributed by atoms with E-state index >= 15 is 0 Å². The Kier molecular flexibility index (Phi) is 7.31. The Morgan fingerprint density at radius 3 is 2.89 bits per heavy atom. The zero-order chi connectivity index (χ0) is 20.1. The number of hydrogen-bond acceptors (Lipinski definition) is 6. The number of nitrogens with one attached hydrogen (secondary N) is 1.